The summed E-state index contributed by atoms with van der Waals surface area (Å²) in [5, 5.41) is 15.6. The van der Waals surface area contributed by atoms with Gasteiger partial charge in [0.05, 0.1) is 10.7 Å². The lowest BCUT2D eigenvalue weighted by atomic mass is 10.1. The number of hydrogen-bond donors (Lipinski definition) is 2. The van der Waals surface area contributed by atoms with Crippen LogP contribution in [0, 0.1) is 11.3 Å². The minimum absolute atomic E-state index is 0.0723. The Bertz CT molecular complexity index is 825. The standard InChI is InChI=1S/C18H15Cl2N3O/c1-2-12-5-3-4-6-16(12)22-11-13(10-21)18(24)23-17-9-14(19)7-8-15(17)20/h3-9,11,22H,2H2,1H3,(H,23,24)/b13-11-. The minimum atomic E-state index is -0.567. The molecule has 2 rings (SSSR count). The van der Waals surface area contributed by atoms with Gasteiger partial charge >= 0.3 is 0 Å². The highest BCUT2D eigenvalue weighted by Crippen LogP contribution is 2.25. The summed E-state index contributed by atoms with van der Waals surface area (Å²) in [6, 6.07) is 14.3. The molecule has 0 saturated heterocycles. The summed E-state index contributed by atoms with van der Waals surface area (Å²) in [5.41, 5.74) is 2.21. The average molecular weight is 360 g/mol. The van der Waals surface area contributed by atoms with Gasteiger partial charge in [0.1, 0.15) is 11.6 Å². The van der Waals surface area contributed by atoms with Crippen LogP contribution in [0.1, 0.15) is 12.5 Å². The molecular formula is C18H15Cl2N3O. The van der Waals surface area contributed by atoms with E-state index in [1.54, 1.807) is 12.1 Å². The number of anilines is 2. The van der Waals surface area contributed by atoms with Gasteiger partial charge in [0.25, 0.3) is 5.91 Å². The van der Waals surface area contributed by atoms with Crippen molar-refractivity contribution in [2.45, 2.75) is 13.3 Å². The third kappa shape index (κ3) is 4.51. The number of carbonyl (C=O) groups excluding carboxylic acids is 1. The molecule has 6 heteroatoms. The first kappa shape index (κ1) is 17.9. The van der Waals surface area contributed by atoms with Gasteiger partial charge in [-0.05, 0) is 36.2 Å². The predicted octanol–water partition coefficient (Wildman–Crippen LogP) is 5.01. The zero-order chi connectivity index (χ0) is 17.5. The fourth-order valence-electron chi connectivity index (χ4n) is 2.05. The molecule has 2 aromatic carbocycles. The molecule has 0 unspecified atom stereocenters. The smallest absolute Gasteiger partial charge is 0.267 e. The predicted molar refractivity (Wildman–Crippen MR) is 98.2 cm³/mol. The van der Waals surface area contributed by atoms with Gasteiger partial charge in [0, 0.05) is 16.9 Å². The van der Waals surface area contributed by atoms with Crippen LogP contribution in [0.2, 0.25) is 10.0 Å². The molecule has 2 N–H and O–H groups in total. The van der Waals surface area contributed by atoms with Crippen molar-refractivity contribution >= 4 is 40.5 Å². The largest absolute Gasteiger partial charge is 0.360 e. The highest BCUT2D eigenvalue weighted by molar-refractivity contribution is 6.35. The molecule has 2 aromatic rings. The molecule has 1 amide bonds. The molecule has 0 spiro atoms. The van der Waals surface area contributed by atoms with E-state index in [-0.39, 0.29) is 5.57 Å². The van der Waals surface area contributed by atoms with Gasteiger partial charge in [-0.25, -0.2) is 0 Å². The lowest BCUT2D eigenvalue weighted by Gasteiger charge is -2.09. The highest BCUT2D eigenvalue weighted by Gasteiger charge is 2.12. The van der Waals surface area contributed by atoms with Crippen LogP contribution in [0.25, 0.3) is 0 Å². The Hall–Kier alpha value is -2.48. The molecule has 0 fully saturated rings. The van der Waals surface area contributed by atoms with Crippen molar-refractivity contribution in [1.29, 1.82) is 5.26 Å². The molecule has 0 radical (unpaired) electrons. The van der Waals surface area contributed by atoms with Gasteiger partial charge in [-0.2, -0.15) is 5.26 Å². The van der Waals surface area contributed by atoms with Gasteiger partial charge in [-0.1, -0.05) is 48.3 Å². The maximum absolute atomic E-state index is 12.2. The molecule has 0 saturated carbocycles. The Kier molecular flexibility index (Phi) is 6.25. The first-order chi connectivity index (χ1) is 11.5. The molecule has 0 atom stereocenters. The van der Waals surface area contributed by atoms with Crippen molar-refractivity contribution in [3.05, 3.63) is 69.8 Å². The van der Waals surface area contributed by atoms with E-state index in [2.05, 4.69) is 10.6 Å². The van der Waals surface area contributed by atoms with Crippen molar-refractivity contribution in [2.75, 3.05) is 10.6 Å². The number of halogens is 2. The van der Waals surface area contributed by atoms with Gasteiger partial charge in [0.2, 0.25) is 0 Å². The lowest BCUT2D eigenvalue weighted by molar-refractivity contribution is -0.112. The maximum Gasteiger partial charge on any atom is 0.267 e. The molecule has 0 heterocycles. The summed E-state index contributed by atoms with van der Waals surface area (Å²) < 4.78 is 0. The van der Waals surface area contributed by atoms with E-state index in [1.807, 2.05) is 37.3 Å². The van der Waals surface area contributed by atoms with Gasteiger partial charge in [-0.3, -0.25) is 4.79 Å². The third-order valence-electron chi connectivity index (χ3n) is 3.31. The molecule has 0 aromatic heterocycles. The van der Waals surface area contributed by atoms with Crippen LogP contribution in [0.4, 0.5) is 11.4 Å². The normalized spacial score (nSPS) is 10.8. The van der Waals surface area contributed by atoms with Crippen molar-refractivity contribution in [3.63, 3.8) is 0 Å². The van der Waals surface area contributed by atoms with E-state index in [0.717, 1.165) is 17.7 Å². The molecule has 0 aliphatic carbocycles. The van der Waals surface area contributed by atoms with Crippen molar-refractivity contribution in [2.24, 2.45) is 0 Å². The van der Waals surface area contributed by atoms with E-state index in [9.17, 15) is 10.1 Å². The van der Waals surface area contributed by atoms with Crippen molar-refractivity contribution in [1.82, 2.24) is 0 Å². The quantitative estimate of drug-likeness (QED) is 0.582. The van der Waals surface area contributed by atoms with Crippen LogP contribution < -0.4 is 10.6 Å². The lowest BCUT2D eigenvalue weighted by Crippen LogP contribution is -2.15. The number of rotatable bonds is 5. The molecule has 4 nitrogen and oxygen atoms in total. The number of nitriles is 1. The van der Waals surface area contributed by atoms with E-state index in [4.69, 9.17) is 23.2 Å². The molecule has 0 aliphatic heterocycles. The SMILES string of the molecule is CCc1ccccc1N/C=C(/C#N)C(=O)Nc1cc(Cl)ccc1Cl. The number of nitrogens with one attached hydrogen (secondary N) is 2. The number of amides is 1. The van der Waals surface area contributed by atoms with Gasteiger partial charge in [-0.15, -0.1) is 0 Å². The monoisotopic (exact) mass is 359 g/mol. The van der Waals surface area contributed by atoms with Crippen molar-refractivity contribution < 1.29 is 4.79 Å². The zero-order valence-electron chi connectivity index (χ0n) is 12.9. The van der Waals surface area contributed by atoms with Gasteiger partial charge < -0.3 is 10.6 Å². The first-order valence-electron chi connectivity index (χ1n) is 7.26. The second kappa shape index (κ2) is 8.39. The maximum atomic E-state index is 12.2. The first-order valence-corrected chi connectivity index (χ1v) is 8.02. The van der Waals surface area contributed by atoms with Crippen LogP contribution in [0.15, 0.2) is 54.2 Å². The van der Waals surface area contributed by atoms with Crippen LogP contribution in [-0.2, 0) is 11.2 Å². The third-order valence-corrected chi connectivity index (χ3v) is 3.88. The zero-order valence-corrected chi connectivity index (χ0v) is 14.4. The number of carbonyl (C=O) groups is 1. The summed E-state index contributed by atoms with van der Waals surface area (Å²) >= 11 is 11.9. The minimum Gasteiger partial charge on any atom is -0.360 e. The van der Waals surface area contributed by atoms with E-state index in [1.165, 1.54) is 12.3 Å². The number of nitrogens with zero attached hydrogens (tertiary/aromatic N) is 1. The van der Waals surface area contributed by atoms with Crippen LogP contribution in [0.3, 0.4) is 0 Å². The van der Waals surface area contributed by atoms with E-state index in [0.29, 0.717) is 15.7 Å². The second-order valence-electron chi connectivity index (χ2n) is 4.90. The molecular weight excluding hydrogens is 345 g/mol. The summed E-state index contributed by atoms with van der Waals surface area (Å²) in [6.07, 6.45) is 2.21. The Balaban J connectivity index is 2.17. The number of aryl methyl sites for hydroxylation is 1. The fourth-order valence-corrected chi connectivity index (χ4v) is 2.39. The molecule has 122 valence electrons. The highest BCUT2D eigenvalue weighted by atomic mass is 35.5. The van der Waals surface area contributed by atoms with Crippen molar-refractivity contribution in [3.8, 4) is 6.07 Å². The van der Waals surface area contributed by atoms with E-state index < -0.39 is 5.91 Å². The Morgan fingerprint density at radius 2 is 1.96 bits per heavy atom. The van der Waals surface area contributed by atoms with Crippen LogP contribution in [-0.4, -0.2) is 5.91 Å². The molecule has 0 aliphatic rings. The van der Waals surface area contributed by atoms with E-state index >= 15 is 0 Å². The Morgan fingerprint density at radius 3 is 2.67 bits per heavy atom. The summed E-state index contributed by atoms with van der Waals surface area (Å²) in [5.74, 6) is -0.567. The average Bonchev–Trinajstić information content (AvgIpc) is 2.59. The molecule has 24 heavy (non-hydrogen) atoms. The summed E-state index contributed by atoms with van der Waals surface area (Å²) in [6.45, 7) is 2.03. The van der Waals surface area contributed by atoms with Gasteiger partial charge in [0.15, 0.2) is 0 Å². The summed E-state index contributed by atoms with van der Waals surface area (Å²) in [4.78, 5) is 12.2. The van der Waals surface area contributed by atoms with Crippen LogP contribution in [0.5, 0.6) is 0 Å². The Morgan fingerprint density at radius 1 is 1.21 bits per heavy atom. The topological polar surface area (TPSA) is 64.9 Å². The number of hydrogen-bond acceptors (Lipinski definition) is 3. The van der Waals surface area contributed by atoms with Crippen LogP contribution >= 0.6 is 23.2 Å². The summed E-state index contributed by atoms with van der Waals surface area (Å²) in [7, 11) is 0. The Labute approximate surface area is 150 Å². The molecule has 0 bridgehead atoms. The number of para-hydroxylation sites is 1. The second-order valence-corrected chi connectivity index (χ2v) is 5.75. The fraction of sp³-hybridized carbons (Fsp3) is 0.111. The number of benzene rings is 2.